The fourth-order valence-corrected chi connectivity index (χ4v) is 3.28. The van der Waals surface area contributed by atoms with Crippen molar-refractivity contribution in [1.82, 2.24) is 4.98 Å². The largest absolute Gasteiger partial charge is 0.364 e. The number of hydrogen-bond donors (Lipinski definition) is 2. The van der Waals surface area contributed by atoms with E-state index >= 15 is 0 Å². The fraction of sp³-hybridized carbons (Fsp3) is 0.375. The molecule has 3 N–H and O–H groups in total. The van der Waals surface area contributed by atoms with Gasteiger partial charge in [-0.1, -0.05) is 0 Å². The summed E-state index contributed by atoms with van der Waals surface area (Å²) >= 11 is 1.62. The molecule has 0 radical (unpaired) electrons. The third kappa shape index (κ3) is 4.29. The molecule has 2 aromatic rings. The molecule has 7 heteroatoms. The lowest BCUT2D eigenvalue weighted by molar-refractivity contribution is -0.126. The first-order valence-electron chi connectivity index (χ1n) is 7.34. The van der Waals surface area contributed by atoms with E-state index in [0.29, 0.717) is 6.54 Å². The zero-order valence-electron chi connectivity index (χ0n) is 12.8. The minimum absolute atomic E-state index is 0. The molecular formula is C16H20ClN3O2S. The van der Waals surface area contributed by atoms with Crippen LogP contribution in [0.4, 0.5) is 5.69 Å². The van der Waals surface area contributed by atoms with E-state index < -0.39 is 6.10 Å². The molecule has 0 aliphatic carbocycles. The molecule has 1 amide bonds. The number of halogens is 1. The van der Waals surface area contributed by atoms with Gasteiger partial charge in [0.15, 0.2) is 0 Å². The molecule has 1 fully saturated rings. The van der Waals surface area contributed by atoms with Gasteiger partial charge in [-0.05, 0) is 44.0 Å². The van der Waals surface area contributed by atoms with Crippen LogP contribution in [0.15, 0.2) is 29.6 Å². The van der Waals surface area contributed by atoms with Crippen molar-refractivity contribution in [3.8, 4) is 10.6 Å². The Morgan fingerprint density at radius 3 is 2.70 bits per heavy atom. The first kappa shape index (κ1) is 17.9. The number of hydrogen-bond acceptors (Lipinski definition) is 5. The molecule has 1 aromatic carbocycles. The average Bonchev–Trinajstić information content (AvgIpc) is 3.17. The molecule has 1 aromatic heterocycles. The first-order valence-corrected chi connectivity index (χ1v) is 8.22. The predicted octanol–water partition coefficient (Wildman–Crippen LogP) is 2.99. The summed E-state index contributed by atoms with van der Waals surface area (Å²) in [6, 6.07) is 7.71. The number of rotatable bonds is 4. The minimum atomic E-state index is -0.394. The van der Waals surface area contributed by atoms with Crippen molar-refractivity contribution in [2.45, 2.75) is 32.0 Å². The van der Waals surface area contributed by atoms with Gasteiger partial charge in [0, 0.05) is 28.9 Å². The topological polar surface area (TPSA) is 77.2 Å². The van der Waals surface area contributed by atoms with Gasteiger partial charge in [-0.3, -0.25) is 4.79 Å². The summed E-state index contributed by atoms with van der Waals surface area (Å²) in [7, 11) is 0. The summed E-state index contributed by atoms with van der Waals surface area (Å²) in [5, 5.41) is 5.90. The molecule has 0 saturated carbocycles. The maximum Gasteiger partial charge on any atom is 0.253 e. The van der Waals surface area contributed by atoms with Crippen LogP contribution >= 0.6 is 23.7 Å². The van der Waals surface area contributed by atoms with Crippen LogP contribution in [0.25, 0.3) is 10.6 Å². The number of aromatic nitrogens is 1. The summed E-state index contributed by atoms with van der Waals surface area (Å²) in [4.78, 5) is 16.6. The molecule has 1 aliphatic rings. The van der Waals surface area contributed by atoms with Gasteiger partial charge in [-0.15, -0.1) is 23.7 Å². The van der Waals surface area contributed by atoms with E-state index in [4.69, 9.17) is 10.5 Å². The van der Waals surface area contributed by atoms with E-state index in [2.05, 4.69) is 10.3 Å². The van der Waals surface area contributed by atoms with Gasteiger partial charge < -0.3 is 15.8 Å². The number of carbonyl (C=O) groups is 1. The second-order valence-corrected chi connectivity index (χ2v) is 6.28. The lowest BCUT2D eigenvalue weighted by Gasteiger charge is -2.12. The summed E-state index contributed by atoms with van der Waals surface area (Å²) in [5.41, 5.74) is 8.40. The Morgan fingerprint density at radius 2 is 2.13 bits per heavy atom. The Kier molecular flexibility index (Phi) is 6.12. The number of amides is 1. The lowest BCUT2D eigenvalue weighted by Crippen LogP contribution is -2.29. The lowest BCUT2D eigenvalue weighted by atomic mass is 10.1. The van der Waals surface area contributed by atoms with Crippen molar-refractivity contribution in [1.29, 1.82) is 0 Å². The molecule has 1 saturated heterocycles. The molecule has 2 atom stereocenters. The maximum atomic E-state index is 12.1. The van der Waals surface area contributed by atoms with E-state index in [9.17, 15) is 4.79 Å². The zero-order valence-corrected chi connectivity index (χ0v) is 14.5. The number of anilines is 1. The molecule has 0 bridgehead atoms. The highest BCUT2D eigenvalue weighted by molar-refractivity contribution is 7.13. The highest BCUT2D eigenvalue weighted by Crippen LogP contribution is 2.25. The van der Waals surface area contributed by atoms with E-state index in [0.717, 1.165) is 34.8 Å². The molecule has 5 nitrogen and oxygen atoms in total. The number of nitrogens with one attached hydrogen (secondary N) is 1. The van der Waals surface area contributed by atoms with Crippen molar-refractivity contribution < 1.29 is 9.53 Å². The maximum absolute atomic E-state index is 12.1. The normalized spacial score (nSPS) is 20.1. The van der Waals surface area contributed by atoms with E-state index in [1.165, 1.54) is 0 Å². The third-order valence-electron chi connectivity index (χ3n) is 3.68. The molecule has 124 valence electrons. The van der Waals surface area contributed by atoms with Crippen LogP contribution in [0.3, 0.4) is 0 Å². The van der Waals surface area contributed by atoms with Crippen molar-refractivity contribution in [2.24, 2.45) is 5.73 Å². The molecule has 1 aliphatic heterocycles. The van der Waals surface area contributed by atoms with Gasteiger partial charge in [0.25, 0.3) is 5.91 Å². The number of thiazole rings is 1. The molecule has 3 rings (SSSR count). The van der Waals surface area contributed by atoms with E-state index in [-0.39, 0.29) is 24.4 Å². The van der Waals surface area contributed by atoms with Crippen molar-refractivity contribution in [2.75, 3.05) is 11.9 Å². The van der Waals surface area contributed by atoms with Gasteiger partial charge in [-0.2, -0.15) is 0 Å². The van der Waals surface area contributed by atoms with Crippen LogP contribution in [0.5, 0.6) is 0 Å². The average molecular weight is 354 g/mol. The van der Waals surface area contributed by atoms with Crippen LogP contribution in [0.2, 0.25) is 0 Å². The Hall–Kier alpha value is -1.47. The predicted molar refractivity (Wildman–Crippen MR) is 95.1 cm³/mol. The Morgan fingerprint density at radius 1 is 1.39 bits per heavy atom. The van der Waals surface area contributed by atoms with E-state index in [1.54, 1.807) is 11.3 Å². The first-order chi connectivity index (χ1) is 10.7. The summed E-state index contributed by atoms with van der Waals surface area (Å²) in [6.07, 6.45) is 1.18. The van der Waals surface area contributed by atoms with Crippen LogP contribution in [-0.2, 0) is 9.53 Å². The van der Waals surface area contributed by atoms with Crippen molar-refractivity contribution >= 4 is 35.3 Å². The van der Waals surface area contributed by atoms with Crippen LogP contribution < -0.4 is 11.1 Å². The number of ether oxygens (including phenoxy) is 1. The highest BCUT2D eigenvalue weighted by Gasteiger charge is 2.29. The van der Waals surface area contributed by atoms with Gasteiger partial charge >= 0.3 is 0 Å². The Balaban J connectivity index is 0.00000192. The monoisotopic (exact) mass is 353 g/mol. The second kappa shape index (κ2) is 7.88. The fourth-order valence-electron chi connectivity index (χ4n) is 2.48. The van der Waals surface area contributed by atoms with Gasteiger partial charge in [-0.25, -0.2) is 4.98 Å². The standard InChI is InChI=1S/C16H19N3O2S.ClH/c1-10-9-22-16(18-10)11-2-4-12(5-3-11)19-15(20)14-7-6-13(8-17)21-14;/h2-5,9,13-14H,6-8,17H2,1H3,(H,19,20);1H/t13-,14+;/m1./s1. The highest BCUT2D eigenvalue weighted by atomic mass is 35.5. The number of aryl methyl sites for hydroxylation is 1. The van der Waals surface area contributed by atoms with Gasteiger partial charge in [0.2, 0.25) is 0 Å². The quantitative estimate of drug-likeness (QED) is 0.885. The smallest absolute Gasteiger partial charge is 0.253 e. The van der Waals surface area contributed by atoms with Crippen LogP contribution in [0.1, 0.15) is 18.5 Å². The summed E-state index contributed by atoms with van der Waals surface area (Å²) in [5.74, 6) is -0.103. The molecule has 0 spiro atoms. The Bertz CT molecular complexity index is 660. The second-order valence-electron chi connectivity index (χ2n) is 5.42. The zero-order chi connectivity index (χ0) is 15.5. The molecule has 2 heterocycles. The molecule has 23 heavy (non-hydrogen) atoms. The van der Waals surface area contributed by atoms with E-state index in [1.807, 2.05) is 36.6 Å². The van der Waals surface area contributed by atoms with Crippen molar-refractivity contribution in [3.05, 3.63) is 35.3 Å². The SMILES string of the molecule is Cc1csc(-c2ccc(NC(=O)[C@@H]3CC[C@H](CN)O3)cc2)n1.Cl. The number of nitrogens with zero attached hydrogens (tertiary/aromatic N) is 1. The molecular weight excluding hydrogens is 334 g/mol. The van der Waals surface area contributed by atoms with Crippen molar-refractivity contribution in [3.63, 3.8) is 0 Å². The Labute approximate surface area is 145 Å². The van der Waals surface area contributed by atoms with Gasteiger partial charge in [0.05, 0.1) is 6.10 Å². The van der Waals surface area contributed by atoms with Crippen LogP contribution in [-0.4, -0.2) is 29.6 Å². The number of benzene rings is 1. The number of carbonyl (C=O) groups excluding carboxylic acids is 1. The third-order valence-corrected chi connectivity index (χ3v) is 4.69. The van der Waals surface area contributed by atoms with Gasteiger partial charge in [0.1, 0.15) is 11.1 Å². The van der Waals surface area contributed by atoms with Crippen LogP contribution in [0, 0.1) is 6.92 Å². The summed E-state index contributed by atoms with van der Waals surface area (Å²) < 4.78 is 5.60. The minimum Gasteiger partial charge on any atom is -0.364 e. The molecule has 0 unspecified atom stereocenters. The number of nitrogens with two attached hydrogens (primary N) is 1. The summed E-state index contributed by atoms with van der Waals surface area (Å²) in [6.45, 7) is 2.44.